The number of hydrogen-bond acceptors (Lipinski definition) is 2. The van der Waals surface area contributed by atoms with Crippen LogP contribution in [0.5, 0.6) is 0 Å². The monoisotopic (exact) mass is 738 g/mol. The minimum atomic E-state index is -0.499. The van der Waals surface area contributed by atoms with Crippen molar-refractivity contribution in [2.24, 2.45) is 0 Å². The van der Waals surface area contributed by atoms with Gasteiger partial charge in [0.1, 0.15) is 0 Å². The van der Waals surface area contributed by atoms with Gasteiger partial charge in [0.15, 0.2) is 0 Å². The van der Waals surface area contributed by atoms with Gasteiger partial charge in [0.2, 0.25) is 0 Å². The summed E-state index contributed by atoms with van der Waals surface area (Å²) < 4.78 is 1.07. The molecule has 0 aromatic heterocycles. The van der Waals surface area contributed by atoms with Crippen molar-refractivity contribution in [2.45, 2.75) is 43.9 Å². The van der Waals surface area contributed by atoms with Crippen LogP contribution in [0.15, 0.2) is 180 Å². The summed E-state index contributed by atoms with van der Waals surface area (Å²) in [5.74, 6) is 0. The van der Waals surface area contributed by atoms with Gasteiger partial charge in [-0.3, -0.25) is 0 Å². The largest absolute Gasteiger partial charge is 0.347 e. The Hall–Kier alpha value is -5.43. The predicted molar refractivity (Wildman–Crippen MR) is 222 cm³/mol. The third-order valence-electron chi connectivity index (χ3n) is 10.9. The summed E-state index contributed by atoms with van der Waals surface area (Å²) in [5.41, 5.74) is 10.9. The van der Waals surface area contributed by atoms with E-state index < -0.39 is 5.41 Å². The van der Waals surface area contributed by atoms with Crippen LogP contribution in [0.4, 0.5) is 5.69 Å². The van der Waals surface area contributed by atoms with E-state index >= 15 is 0 Å². The van der Waals surface area contributed by atoms with Crippen molar-refractivity contribution >= 4 is 32.4 Å². The van der Waals surface area contributed by atoms with Gasteiger partial charge < -0.3 is 4.90 Å². The van der Waals surface area contributed by atoms with Gasteiger partial charge in [-0.2, -0.15) is 5.26 Å². The van der Waals surface area contributed by atoms with Gasteiger partial charge in [-0.15, -0.1) is 0 Å². The number of rotatable bonds is 10. The van der Waals surface area contributed by atoms with Crippen LogP contribution >= 0.6 is 15.9 Å². The zero-order chi connectivity index (χ0) is 36.3. The van der Waals surface area contributed by atoms with Crippen molar-refractivity contribution in [1.29, 1.82) is 5.26 Å². The molecule has 0 spiro atoms. The Morgan fingerprint density at radius 1 is 0.788 bits per heavy atom. The SMILES string of the molecule is C=C(/C=C/C=C1/N(C)c2cc(Br)ccc2C1(C)Cc1ccccc1)C(Cc1ccccc1)(Cc1cccc(C#N)c1)c1cc2ccccc2cc1C. The van der Waals surface area contributed by atoms with E-state index in [1.54, 1.807) is 0 Å². The molecule has 2 nitrogen and oxygen atoms in total. The lowest BCUT2D eigenvalue weighted by Crippen LogP contribution is -2.34. The first-order valence-electron chi connectivity index (χ1n) is 17.9. The zero-order valence-electron chi connectivity index (χ0n) is 30.1. The Bertz CT molecular complexity index is 2360. The quantitative estimate of drug-likeness (QED) is 0.131. The number of anilines is 1. The number of benzene rings is 6. The highest BCUT2D eigenvalue weighted by molar-refractivity contribution is 9.10. The Morgan fingerprint density at radius 2 is 1.42 bits per heavy atom. The van der Waals surface area contributed by atoms with Gasteiger partial charge in [0.05, 0.1) is 11.6 Å². The fourth-order valence-electron chi connectivity index (χ4n) is 8.35. The predicted octanol–water partition coefficient (Wildman–Crippen LogP) is 12.2. The highest BCUT2D eigenvalue weighted by Crippen LogP contribution is 2.50. The topological polar surface area (TPSA) is 27.0 Å². The Balaban J connectivity index is 1.38. The maximum atomic E-state index is 9.85. The molecule has 0 aliphatic carbocycles. The van der Waals surface area contributed by atoms with E-state index in [9.17, 15) is 5.26 Å². The van der Waals surface area contributed by atoms with Crippen molar-refractivity contribution < 1.29 is 0 Å². The van der Waals surface area contributed by atoms with Crippen LogP contribution in [0.25, 0.3) is 10.8 Å². The number of likely N-dealkylation sites (N-methyl/N-ethyl adjacent to an activating group) is 1. The molecule has 0 fully saturated rings. The summed E-state index contributed by atoms with van der Waals surface area (Å²) in [5, 5.41) is 12.3. The number of aryl methyl sites for hydroxylation is 1. The van der Waals surface area contributed by atoms with Gasteiger partial charge >= 0.3 is 0 Å². The lowest BCUT2D eigenvalue weighted by Gasteiger charge is -2.38. The molecule has 7 rings (SSSR count). The smallest absolute Gasteiger partial charge is 0.0991 e. The average Bonchev–Trinajstić information content (AvgIpc) is 3.35. The molecule has 2 unspecified atom stereocenters. The standard InChI is InChI=1S/C49H43BrN2/c1-35-27-41-22-11-12-23-42(41)29-45(35)49(32-38-18-9-6-10-19-38,33-39-20-14-21-40(28-39)34-51)36(2)15-13-24-47-48(3,31-37-16-7-5-8-17-37)44-26-25-43(50)30-46(44)52(47)4/h5-30H,2,31-33H2,1,3-4H3/b15-13+,47-24+. The fraction of sp³-hybridized carbons (Fsp3) is 0.163. The number of nitriles is 1. The van der Waals surface area contributed by atoms with Crippen molar-refractivity contribution in [3.8, 4) is 6.07 Å². The van der Waals surface area contributed by atoms with Gasteiger partial charge in [0.25, 0.3) is 0 Å². The van der Waals surface area contributed by atoms with Crippen LogP contribution in [0.1, 0.15) is 45.9 Å². The minimum Gasteiger partial charge on any atom is -0.347 e. The lowest BCUT2D eigenvalue weighted by molar-refractivity contribution is 0.504. The molecule has 256 valence electrons. The average molecular weight is 740 g/mol. The zero-order valence-corrected chi connectivity index (χ0v) is 31.7. The number of nitrogens with zero attached hydrogens (tertiary/aromatic N) is 2. The molecule has 52 heavy (non-hydrogen) atoms. The lowest BCUT2D eigenvalue weighted by atomic mass is 9.65. The van der Waals surface area contributed by atoms with E-state index in [2.05, 4.69) is 187 Å². The van der Waals surface area contributed by atoms with E-state index in [0.717, 1.165) is 28.5 Å². The number of hydrogen-bond donors (Lipinski definition) is 0. The molecule has 0 radical (unpaired) electrons. The normalized spacial score (nSPS) is 17.3. The molecule has 6 aromatic carbocycles. The molecule has 3 heteroatoms. The number of fused-ring (bicyclic) bond motifs is 2. The number of halogens is 1. The highest BCUT2D eigenvalue weighted by Gasteiger charge is 2.42. The van der Waals surface area contributed by atoms with Crippen molar-refractivity contribution in [3.63, 3.8) is 0 Å². The second-order valence-electron chi connectivity index (χ2n) is 14.4. The molecule has 0 N–H and O–H groups in total. The molecule has 1 aliphatic heterocycles. The molecule has 0 amide bonds. The Labute approximate surface area is 317 Å². The summed E-state index contributed by atoms with van der Waals surface area (Å²) in [4.78, 5) is 2.34. The molecular weight excluding hydrogens is 696 g/mol. The summed E-state index contributed by atoms with van der Waals surface area (Å²) in [6.07, 6.45) is 9.07. The third kappa shape index (κ3) is 6.80. The van der Waals surface area contributed by atoms with E-state index in [1.165, 1.54) is 50.0 Å². The molecule has 0 saturated carbocycles. The van der Waals surface area contributed by atoms with E-state index in [4.69, 9.17) is 6.58 Å². The van der Waals surface area contributed by atoms with Gasteiger partial charge in [-0.25, -0.2) is 0 Å². The molecule has 6 aromatic rings. The highest BCUT2D eigenvalue weighted by atomic mass is 79.9. The van der Waals surface area contributed by atoms with Gasteiger partial charge in [0, 0.05) is 33.7 Å². The fourth-order valence-corrected chi connectivity index (χ4v) is 8.70. The minimum absolute atomic E-state index is 0.231. The van der Waals surface area contributed by atoms with Gasteiger partial charge in [-0.1, -0.05) is 144 Å². The van der Waals surface area contributed by atoms with Crippen molar-refractivity contribution in [3.05, 3.63) is 219 Å². The Kier molecular flexibility index (Phi) is 9.87. The third-order valence-corrected chi connectivity index (χ3v) is 11.4. The maximum absolute atomic E-state index is 9.85. The van der Waals surface area contributed by atoms with E-state index in [0.29, 0.717) is 12.0 Å². The van der Waals surface area contributed by atoms with Gasteiger partial charge in [-0.05, 0) is 119 Å². The van der Waals surface area contributed by atoms with E-state index in [-0.39, 0.29) is 5.41 Å². The van der Waals surface area contributed by atoms with Crippen molar-refractivity contribution in [1.82, 2.24) is 0 Å². The number of allylic oxidation sites excluding steroid dienone is 5. The first-order valence-corrected chi connectivity index (χ1v) is 18.7. The van der Waals surface area contributed by atoms with E-state index in [1.807, 2.05) is 18.2 Å². The van der Waals surface area contributed by atoms with Crippen LogP contribution in [-0.4, -0.2) is 7.05 Å². The summed E-state index contributed by atoms with van der Waals surface area (Å²) in [7, 11) is 2.18. The first-order chi connectivity index (χ1) is 25.2. The van der Waals surface area contributed by atoms with Crippen molar-refractivity contribution in [2.75, 3.05) is 11.9 Å². The van der Waals surface area contributed by atoms with Crippen LogP contribution in [0, 0.1) is 18.3 Å². The molecule has 2 atom stereocenters. The summed E-state index contributed by atoms with van der Waals surface area (Å²) in [6.45, 7) is 9.49. The molecule has 0 saturated heterocycles. The maximum Gasteiger partial charge on any atom is 0.0991 e. The molecule has 0 bridgehead atoms. The van der Waals surface area contributed by atoms with Crippen LogP contribution in [0.2, 0.25) is 0 Å². The molecule has 1 aliphatic rings. The van der Waals surface area contributed by atoms with Crippen LogP contribution < -0.4 is 4.90 Å². The van der Waals surface area contributed by atoms with Crippen LogP contribution in [0.3, 0.4) is 0 Å². The first kappa shape index (κ1) is 35.0. The summed E-state index contributed by atoms with van der Waals surface area (Å²) >= 11 is 3.73. The molecule has 1 heterocycles. The second-order valence-corrected chi connectivity index (χ2v) is 15.3. The van der Waals surface area contributed by atoms with Crippen LogP contribution in [-0.2, 0) is 30.1 Å². The Morgan fingerprint density at radius 3 is 2.13 bits per heavy atom. The molecular formula is C49H43BrN2. The summed E-state index contributed by atoms with van der Waals surface area (Å²) in [6, 6.07) is 51.9. The second kappa shape index (κ2) is 14.7.